The predicted molar refractivity (Wildman–Crippen MR) is 82.6 cm³/mol. The number of fused-ring (bicyclic) bond motifs is 1. The first kappa shape index (κ1) is 13.4. The minimum atomic E-state index is 0.868. The van der Waals surface area contributed by atoms with Gasteiger partial charge in [0, 0.05) is 32.6 Å². The van der Waals surface area contributed by atoms with E-state index < -0.39 is 0 Å². The number of hydrogen-bond acceptors (Lipinski definition) is 4. The SMILES string of the molecule is CCCc1nc2c(C)cc(C)c(N3CCNCC3)c2o1. The number of oxazole rings is 1. The fourth-order valence-corrected chi connectivity index (χ4v) is 3.03. The summed E-state index contributed by atoms with van der Waals surface area (Å²) in [6, 6.07) is 2.23. The van der Waals surface area contributed by atoms with Crippen LogP contribution in [0, 0.1) is 13.8 Å². The van der Waals surface area contributed by atoms with Crippen LogP contribution in [0.1, 0.15) is 30.4 Å². The monoisotopic (exact) mass is 273 g/mol. The van der Waals surface area contributed by atoms with Crippen LogP contribution in [-0.4, -0.2) is 31.2 Å². The van der Waals surface area contributed by atoms with Crippen molar-refractivity contribution < 1.29 is 4.42 Å². The highest BCUT2D eigenvalue weighted by Crippen LogP contribution is 2.34. The molecule has 20 heavy (non-hydrogen) atoms. The van der Waals surface area contributed by atoms with Crippen LogP contribution >= 0.6 is 0 Å². The van der Waals surface area contributed by atoms with E-state index in [1.165, 1.54) is 16.8 Å². The van der Waals surface area contributed by atoms with Crippen molar-refractivity contribution in [2.75, 3.05) is 31.1 Å². The Labute approximate surface area is 120 Å². The molecule has 4 heteroatoms. The molecule has 1 N–H and O–H groups in total. The summed E-state index contributed by atoms with van der Waals surface area (Å²) < 4.78 is 6.08. The van der Waals surface area contributed by atoms with Gasteiger partial charge in [0.25, 0.3) is 0 Å². The summed E-state index contributed by atoms with van der Waals surface area (Å²) in [6.07, 6.45) is 1.97. The molecule has 0 bridgehead atoms. The molecule has 1 saturated heterocycles. The van der Waals surface area contributed by atoms with E-state index >= 15 is 0 Å². The average Bonchev–Trinajstić information content (AvgIpc) is 2.84. The van der Waals surface area contributed by atoms with Crippen molar-refractivity contribution in [1.29, 1.82) is 0 Å². The molecule has 3 rings (SSSR count). The molecule has 0 aliphatic carbocycles. The van der Waals surface area contributed by atoms with Crippen molar-refractivity contribution in [3.05, 3.63) is 23.1 Å². The quantitative estimate of drug-likeness (QED) is 0.933. The van der Waals surface area contributed by atoms with Gasteiger partial charge < -0.3 is 14.6 Å². The van der Waals surface area contributed by atoms with Gasteiger partial charge in [-0.25, -0.2) is 4.98 Å². The summed E-state index contributed by atoms with van der Waals surface area (Å²) in [5, 5.41) is 3.40. The van der Waals surface area contributed by atoms with Gasteiger partial charge in [0.2, 0.25) is 0 Å². The molecule has 0 atom stereocenters. The maximum absolute atomic E-state index is 6.08. The minimum absolute atomic E-state index is 0.868. The van der Waals surface area contributed by atoms with Gasteiger partial charge in [-0.3, -0.25) is 0 Å². The van der Waals surface area contributed by atoms with Crippen LogP contribution in [0.15, 0.2) is 10.5 Å². The van der Waals surface area contributed by atoms with Crippen LogP contribution in [-0.2, 0) is 6.42 Å². The average molecular weight is 273 g/mol. The largest absolute Gasteiger partial charge is 0.438 e. The number of benzene rings is 1. The minimum Gasteiger partial charge on any atom is -0.438 e. The number of nitrogens with one attached hydrogen (secondary N) is 1. The lowest BCUT2D eigenvalue weighted by Gasteiger charge is -2.30. The zero-order valence-corrected chi connectivity index (χ0v) is 12.6. The molecule has 0 unspecified atom stereocenters. The summed E-state index contributed by atoms with van der Waals surface area (Å²) >= 11 is 0. The number of piperazine rings is 1. The molecule has 1 aromatic carbocycles. The first-order valence-electron chi connectivity index (χ1n) is 7.56. The molecule has 1 aliphatic rings. The number of aryl methyl sites for hydroxylation is 3. The van der Waals surface area contributed by atoms with Crippen LogP contribution in [0.4, 0.5) is 5.69 Å². The standard InChI is InChI=1S/C16H23N3O/c1-4-5-13-18-14-11(2)10-12(3)15(16(14)20-13)19-8-6-17-7-9-19/h10,17H,4-9H2,1-3H3. The lowest BCUT2D eigenvalue weighted by Crippen LogP contribution is -2.43. The Morgan fingerprint density at radius 2 is 2.00 bits per heavy atom. The van der Waals surface area contributed by atoms with Gasteiger partial charge in [0.05, 0.1) is 5.69 Å². The first-order valence-corrected chi connectivity index (χ1v) is 7.56. The molecule has 0 radical (unpaired) electrons. The van der Waals surface area contributed by atoms with Crippen molar-refractivity contribution in [3.8, 4) is 0 Å². The second-order valence-electron chi connectivity index (χ2n) is 5.63. The summed E-state index contributed by atoms with van der Waals surface area (Å²) in [5.74, 6) is 0.868. The normalized spacial score (nSPS) is 16.1. The fourth-order valence-electron chi connectivity index (χ4n) is 3.03. The molecular formula is C16H23N3O. The molecular weight excluding hydrogens is 250 g/mol. The smallest absolute Gasteiger partial charge is 0.195 e. The van der Waals surface area contributed by atoms with E-state index in [-0.39, 0.29) is 0 Å². The Kier molecular flexibility index (Phi) is 3.66. The molecule has 0 amide bonds. The Bertz CT molecular complexity index is 612. The lowest BCUT2D eigenvalue weighted by molar-refractivity contribution is 0.521. The van der Waals surface area contributed by atoms with Gasteiger partial charge in [-0.2, -0.15) is 0 Å². The molecule has 0 spiro atoms. The fraction of sp³-hybridized carbons (Fsp3) is 0.562. The lowest BCUT2D eigenvalue weighted by atomic mass is 10.1. The zero-order valence-electron chi connectivity index (χ0n) is 12.6. The third-order valence-corrected chi connectivity index (χ3v) is 3.96. The van der Waals surface area contributed by atoms with Gasteiger partial charge in [-0.15, -0.1) is 0 Å². The maximum Gasteiger partial charge on any atom is 0.195 e. The Balaban J connectivity index is 2.13. The van der Waals surface area contributed by atoms with Crippen molar-refractivity contribution >= 4 is 16.8 Å². The molecule has 2 aromatic rings. The summed E-state index contributed by atoms with van der Waals surface area (Å²) in [7, 11) is 0. The van der Waals surface area contributed by atoms with Crippen molar-refractivity contribution in [1.82, 2.24) is 10.3 Å². The van der Waals surface area contributed by atoms with E-state index in [1.54, 1.807) is 0 Å². The number of nitrogens with zero attached hydrogens (tertiary/aromatic N) is 2. The predicted octanol–water partition coefficient (Wildman–Crippen LogP) is 2.81. The highest BCUT2D eigenvalue weighted by molar-refractivity contribution is 5.91. The van der Waals surface area contributed by atoms with Crippen molar-refractivity contribution in [2.45, 2.75) is 33.6 Å². The van der Waals surface area contributed by atoms with Gasteiger partial charge >= 0.3 is 0 Å². The topological polar surface area (TPSA) is 41.3 Å². The summed E-state index contributed by atoms with van der Waals surface area (Å²) in [5.41, 5.74) is 5.75. The van der Waals surface area contributed by atoms with Crippen LogP contribution in [0.3, 0.4) is 0 Å². The van der Waals surface area contributed by atoms with Crippen LogP contribution < -0.4 is 10.2 Å². The van der Waals surface area contributed by atoms with Crippen LogP contribution in [0.25, 0.3) is 11.1 Å². The van der Waals surface area contributed by atoms with Gasteiger partial charge in [0.1, 0.15) is 5.52 Å². The first-order chi connectivity index (χ1) is 9.70. The zero-order chi connectivity index (χ0) is 14.1. The number of anilines is 1. The van der Waals surface area contributed by atoms with Crippen molar-refractivity contribution in [2.24, 2.45) is 0 Å². The Hall–Kier alpha value is -1.55. The van der Waals surface area contributed by atoms with E-state index in [1.807, 2.05) is 0 Å². The van der Waals surface area contributed by atoms with Crippen LogP contribution in [0.5, 0.6) is 0 Å². The Morgan fingerprint density at radius 3 is 2.70 bits per heavy atom. The molecule has 2 heterocycles. The van der Waals surface area contributed by atoms with Crippen LogP contribution in [0.2, 0.25) is 0 Å². The molecule has 1 fully saturated rings. The Morgan fingerprint density at radius 1 is 1.25 bits per heavy atom. The molecule has 1 aliphatic heterocycles. The third kappa shape index (κ3) is 2.29. The van der Waals surface area contributed by atoms with Gasteiger partial charge in [0.15, 0.2) is 11.5 Å². The van der Waals surface area contributed by atoms with E-state index in [0.717, 1.165) is 56.0 Å². The number of rotatable bonds is 3. The highest BCUT2D eigenvalue weighted by Gasteiger charge is 2.20. The van der Waals surface area contributed by atoms with E-state index in [0.29, 0.717) is 0 Å². The van der Waals surface area contributed by atoms with E-state index in [2.05, 4.69) is 42.0 Å². The number of aromatic nitrogens is 1. The third-order valence-electron chi connectivity index (χ3n) is 3.96. The van der Waals surface area contributed by atoms with E-state index in [4.69, 9.17) is 4.42 Å². The summed E-state index contributed by atoms with van der Waals surface area (Å²) in [4.78, 5) is 7.11. The maximum atomic E-state index is 6.08. The van der Waals surface area contributed by atoms with E-state index in [9.17, 15) is 0 Å². The highest BCUT2D eigenvalue weighted by atomic mass is 16.3. The molecule has 108 valence electrons. The second-order valence-corrected chi connectivity index (χ2v) is 5.63. The van der Waals surface area contributed by atoms with Gasteiger partial charge in [-0.05, 0) is 31.4 Å². The van der Waals surface area contributed by atoms with Gasteiger partial charge in [-0.1, -0.05) is 13.0 Å². The molecule has 1 aromatic heterocycles. The summed E-state index contributed by atoms with van der Waals surface area (Å²) in [6.45, 7) is 10.6. The molecule has 4 nitrogen and oxygen atoms in total. The van der Waals surface area contributed by atoms with Crippen molar-refractivity contribution in [3.63, 3.8) is 0 Å². The number of hydrogen-bond donors (Lipinski definition) is 1. The molecule has 0 saturated carbocycles. The second kappa shape index (κ2) is 5.44.